The highest BCUT2D eigenvalue weighted by molar-refractivity contribution is 5.96. The van der Waals surface area contributed by atoms with E-state index in [1.165, 1.54) is 6.42 Å². The Bertz CT molecular complexity index is 774. The SMILES string of the molecule is COc1ccc2oc(=O)c(C(=O)N(C)C3CCCCC3)cc2c1. The number of amides is 1. The number of benzene rings is 1. The average molecular weight is 315 g/mol. The standard InChI is InChI=1S/C18H21NO4/c1-19(13-6-4-3-5-7-13)17(20)15-11-12-10-14(22-2)8-9-16(12)23-18(15)21/h8-11,13H,3-7H2,1-2H3. The van der Waals surface area contributed by atoms with Crippen molar-refractivity contribution in [3.8, 4) is 5.75 Å². The second-order valence-electron chi connectivity index (χ2n) is 6.06. The lowest BCUT2D eigenvalue weighted by Gasteiger charge is -2.31. The Balaban J connectivity index is 1.95. The van der Waals surface area contributed by atoms with Crippen LogP contribution in [0.4, 0.5) is 0 Å². The van der Waals surface area contributed by atoms with Gasteiger partial charge in [0.05, 0.1) is 7.11 Å². The Labute approximate surface area is 134 Å². The smallest absolute Gasteiger partial charge is 0.349 e. The van der Waals surface area contributed by atoms with Crippen molar-refractivity contribution in [3.63, 3.8) is 0 Å². The van der Waals surface area contributed by atoms with E-state index in [1.807, 2.05) is 0 Å². The molecule has 0 saturated heterocycles. The first kappa shape index (κ1) is 15.6. The first-order chi connectivity index (χ1) is 11.1. The van der Waals surface area contributed by atoms with Gasteiger partial charge in [-0.2, -0.15) is 0 Å². The monoisotopic (exact) mass is 315 g/mol. The number of hydrogen-bond acceptors (Lipinski definition) is 4. The molecule has 1 aliphatic rings. The fraction of sp³-hybridized carbons (Fsp3) is 0.444. The zero-order chi connectivity index (χ0) is 16.4. The normalized spacial score (nSPS) is 15.6. The van der Waals surface area contributed by atoms with Crippen molar-refractivity contribution in [2.75, 3.05) is 14.2 Å². The molecule has 5 heteroatoms. The van der Waals surface area contributed by atoms with E-state index >= 15 is 0 Å². The van der Waals surface area contributed by atoms with Gasteiger partial charge >= 0.3 is 5.63 Å². The van der Waals surface area contributed by atoms with Crippen molar-refractivity contribution in [2.24, 2.45) is 0 Å². The van der Waals surface area contributed by atoms with Crippen LogP contribution in [0.3, 0.4) is 0 Å². The van der Waals surface area contributed by atoms with Crippen molar-refractivity contribution in [1.82, 2.24) is 4.90 Å². The molecule has 0 atom stereocenters. The van der Waals surface area contributed by atoms with Crippen molar-refractivity contribution in [3.05, 3.63) is 40.2 Å². The van der Waals surface area contributed by atoms with Gasteiger partial charge < -0.3 is 14.1 Å². The number of ether oxygens (including phenoxy) is 1. The van der Waals surface area contributed by atoms with Gasteiger partial charge in [-0.1, -0.05) is 19.3 Å². The van der Waals surface area contributed by atoms with Gasteiger partial charge in [0.2, 0.25) is 0 Å². The van der Waals surface area contributed by atoms with Crippen LogP contribution in [0.2, 0.25) is 0 Å². The quantitative estimate of drug-likeness (QED) is 0.816. The topological polar surface area (TPSA) is 59.8 Å². The molecule has 0 aliphatic heterocycles. The molecule has 1 aromatic carbocycles. The van der Waals surface area contributed by atoms with Gasteiger partial charge in [0.25, 0.3) is 5.91 Å². The Morgan fingerprint density at radius 1 is 1.22 bits per heavy atom. The summed E-state index contributed by atoms with van der Waals surface area (Å²) in [7, 11) is 3.34. The van der Waals surface area contributed by atoms with E-state index in [-0.39, 0.29) is 17.5 Å². The van der Waals surface area contributed by atoms with Gasteiger partial charge in [0.1, 0.15) is 16.9 Å². The van der Waals surface area contributed by atoms with Crippen molar-refractivity contribution in [1.29, 1.82) is 0 Å². The Kier molecular flexibility index (Phi) is 4.37. The fourth-order valence-corrected chi connectivity index (χ4v) is 3.20. The van der Waals surface area contributed by atoms with Gasteiger partial charge in [-0.05, 0) is 37.1 Å². The summed E-state index contributed by atoms with van der Waals surface area (Å²) in [5, 5.41) is 0.685. The molecule has 23 heavy (non-hydrogen) atoms. The zero-order valence-electron chi connectivity index (χ0n) is 13.5. The second-order valence-corrected chi connectivity index (χ2v) is 6.06. The van der Waals surface area contributed by atoms with Crippen LogP contribution in [0.15, 0.2) is 33.5 Å². The molecule has 1 amide bonds. The van der Waals surface area contributed by atoms with E-state index in [2.05, 4.69) is 0 Å². The molecule has 3 rings (SSSR count). The van der Waals surface area contributed by atoms with E-state index in [1.54, 1.807) is 43.3 Å². The fourth-order valence-electron chi connectivity index (χ4n) is 3.20. The molecule has 0 radical (unpaired) electrons. The molecule has 1 aromatic heterocycles. The highest BCUT2D eigenvalue weighted by Gasteiger charge is 2.25. The second kappa shape index (κ2) is 6.44. The first-order valence-electron chi connectivity index (χ1n) is 7.99. The number of methoxy groups -OCH3 is 1. The maximum atomic E-state index is 12.7. The molecule has 1 fully saturated rings. The van der Waals surface area contributed by atoms with Crippen molar-refractivity contribution < 1.29 is 13.9 Å². The third-order valence-corrected chi connectivity index (χ3v) is 4.61. The first-order valence-corrected chi connectivity index (χ1v) is 7.99. The van der Waals surface area contributed by atoms with Crippen LogP contribution in [-0.2, 0) is 0 Å². The molecule has 0 spiro atoms. The lowest BCUT2D eigenvalue weighted by atomic mass is 9.94. The summed E-state index contributed by atoms with van der Waals surface area (Å²) in [5.41, 5.74) is -0.0539. The summed E-state index contributed by atoms with van der Waals surface area (Å²) in [6.07, 6.45) is 5.47. The highest BCUT2D eigenvalue weighted by atomic mass is 16.5. The van der Waals surface area contributed by atoms with Crippen molar-refractivity contribution >= 4 is 16.9 Å². The van der Waals surface area contributed by atoms with Gasteiger partial charge in [0.15, 0.2) is 0 Å². The van der Waals surface area contributed by atoms with E-state index in [9.17, 15) is 9.59 Å². The van der Waals surface area contributed by atoms with Crippen LogP contribution in [0.1, 0.15) is 42.5 Å². The van der Waals surface area contributed by atoms with Gasteiger partial charge in [-0.3, -0.25) is 4.79 Å². The highest BCUT2D eigenvalue weighted by Crippen LogP contribution is 2.24. The predicted molar refractivity (Wildman–Crippen MR) is 88.0 cm³/mol. The molecular formula is C18H21NO4. The minimum Gasteiger partial charge on any atom is -0.497 e. The third kappa shape index (κ3) is 3.09. The molecule has 1 aliphatic carbocycles. The van der Waals surface area contributed by atoms with Gasteiger partial charge in [-0.15, -0.1) is 0 Å². The van der Waals surface area contributed by atoms with Crippen LogP contribution in [-0.4, -0.2) is 31.0 Å². The number of fused-ring (bicyclic) bond motifs is 1. The third-order valence-electron chi connectivity index (χ3n) is 4.61. The maximum absolute atomic E-state index is 12.7. The molecule has 2 aromatic rings. The molecule has 1 saturated carbocycles. The Morgan fingerprint density at radius 3 is 2.65 bits per heavy atom. The van der Waals surface area contributed by atoms with Crippen molar-refractivity contribution in [2.45, 2.75) is 38.1 Å². The minimum atomic E-state index is -0.588. The van der Waals surface area contributed by atoms with E-state index in [0.29, 0.717) is 16.7 Å². The number of carbonyl (C=O) groups excluding carboxylic acids is 1. The Hall–Kier alpha value is -2.30. The Morgan fingerprint density at radius 2 is 1.96 bits per heavy atom. The molecule has 0 bridgehead atoms. The summed E-state index contributed by atoms with van der Waals surface area (Å²) in [6.45, 7) is 0. The summed E-state index contributed by atoms with van der Waals surface area (Å²) in [6, 6.07) is 6.97. The lowest BCUT2D eigenvalue weighted by Crippen LogP contribution is -2.40. The van der Waals surface area contributed by atoms with Crippen LogP contribution < -0.4 is 10.4 Å². The maximum Gasteiger partial charge on any atom is 0.349 e. The van der Waals surface area contributed by atoms with E-state index in [4.69, 9.17) is 9.15 Å². The molecule has 0 unspecified atom stereocenters. The van der Waals surface area contributed by atoms with Gasteiger partial charge in [-0.25, -0.2) is 4.79 Å². The number of hydrogen-bond donors (Lipinski definition) is 0. The molecule has 1 heterocycles. The predicted octanol–water partition coefficient (Wildman–Crippen LogP) is 3.21. The van der Waals surface area contributed by atoms with Crippen LogP contribution in [0.5, 0.6) is 5.75 Å². The van der Waals surface area contributed by atoms with Crippen LogP contribution >= 0.6 is 0 Å². The number of nitrogens with zero attached hydrogens (tertiary/aromatic N) is 1. The summed E-state index contributed by atoms with van der Waals surface area (Å²) in [4.78, 5) is 26.6. The van der Waals surface area contributed by atoms with Crippen LogP contribution in [0.25, 0.3) is 11.0 Å². The van der Waals surface area contributed by atoms with Crippen LogP contribution in [0, 0.1) is 0 Å². The lowest BCUT2D eigenvalue weighted by molar-refractivity contribution is 0.0692. The van der Waals surface area contributed by atoms with E-state index < -0.39 is 5.63 Å². The number of carbonyl (C=O) groups is 1. The molecular weight excluding hydrogens is 294 g/mol. The molecule has 122 valence electrons. The number of rotatable bonds is 3. The summed E-state index contributed by atoms with van der Waals surface area (Å²) >= 11 is 0. The van der Waals surface area contributed by atoms with E-state index in [0.717, 1.165) is 25.7 Å². The van der Waals surface area contributed by atoms with Gasteiger partial charge in [0, 0.05) is 18.5 Å². The molecule has 5 nitrogen and oxygen atoms in total. The zero-order valence-corrected chi connectivity index (χ0v) is 13.5. The summed E-state index contributed by atoms with van der Waals surface area (Å²) in [5.74, 6) is 0.390. The average Bonchev–Trinajstić information content (AvgIpc) is 2.60. The minimum absolute atomic E-state index is 0.0822. The summed E-state index contributed by atoms with van der Waals surface area (Å²) < 4.78 is 10.5. The molecule has 0 N–H and O–H groups in total. The largest absolute Gasteiger partial charge is 0.497 e.